The van der Waals surface area contributed by atoms with Crippen LogP contribution in [-0.4, -0.2) is 33.7 Å². The predicted octanol–water partition coefficient (Wildman–Crippen LogP) is 4.82. The van der Waals surface area contributed by atoms with Crippen LogP contribution in [0.25, 0.3) is 15.9 Å². The smallest absolute Gasteiger partial charge is 0.264 e. The maximum absolute atomic E-state index is 13.1. The van der Waals surface area contributed by atoms with Crippen LogP contribution in [-0.2, 0) is 0 Å². The van der Waals surface area contributed by atoms with Crippen LogP contribution in [0.4, 0.5) is 0 Å². The second-order valence-corrected chi connectivity index (χ2v) is 8.80. The average molecular weight is 368 g/mol. The molecular weight excluding hydrogens is 342 g/mol. The molecule has 1 fully saturated rings. The maximum atomic E-state index is 13.1. The van der Waals surface area contributed by atoms with Gasteiger partial charge in [0.05, 0.1) is 16.3 Å². The Kier molecular flexibility index (Phi) is 4.35. The van der Waals surface area contributed by atoms with E-state index in [0.29, 0.717) is 11.8 Å². The van der Waals surface area contributed by atoms with Gasteiger partial charge in [-0.3, -0.25) is 4.79 Å². The van der Waals surface area contributed by atoms with Gasteiger partial charge in [0.2, 0.25) is 0 Å². The van der Waals surface area contributed by atoms with Crippen molar-refractivity contribution in [2.45, 2.75) is 34.1 Å². The number of nitrogens with zero attached hydrogens (tertiary/aromatic N) is 3. The van der Waals surface area contributed by atoms with Crippen molar-refractivity contribution < 1.29 is 4.79 Å². The summed E-state index contributed by atoms with van der Waals surface area (Å²) in [4.78, 5) is 17.0. The van der Waals surface area contributed by atoms with Gasteiger partial charge in [0.15, 0.2) is 0 Å². The zero-order chi connectivity index (χ0) is 18.4. The Morgan fingerprint density at radius 1 is 1.15 bits per heavy atom. The number of aryl methyl sites for hydroxylation is 2. The van der Waals surface area contributed by atoms with Crippen molar-refractivity contribution in [2.75, 3.05) is 13.1 Å². The minimum atomic E-state index is 0.167. The molecule has 26 heavy (non-hydrogen) atoms. The van der Waals surface area contributed by atoms with E-state index in [1.54, 1.807) is 11.3 Å². The van der Waals surface area contributed by atoms with Crippen molar-refractivity contribution in [3.8, 4) is 5.69 Å². The summed E-state index contributed by atoms with van der Waals surface area (Å²) in [7, 11) is 0. The monoisotopic (exact) mass is 367 g/mol. The van der Waals surface area contributed by atoms with Gasteiger partial charge < -0.3 is 4.90 Å². The Labute approximate surface area is 158 Å². The molecule has 0 saturated carbocycles. The van der Waals surface area contributed by atoms with Crippen LogP contribution >= 0.6 is 11.3 Å². The highest BCUT2D eigenvalue weighted by Crippen LogP contribution is 2.33. The highest BCUT2D eigenvalue weighted by molar-refractivity contribution is 7.20. The standard InChI is InChI=1S/C21H25N3OS/c1-13-9-14(2)12-23(11-13)20(25)19-10-17-16(4)22-24(21(17)26-19)18-8-6-5-7-15(18)3/h5-8,10,13-14H,9,11-12H2,1-4H3/t13-,14-/m0/s1. The van der Waals surface area contributed by atoms with Gasteiger partial charge >= 0.3 is 0 Å². The van der Waals surface area contributed by atoms with Gasteiger partial charge in [0.1, 0.15) is 4.83 Å². The minimum absolute atomic E-state index is 0.167. The first-order valence-electron chi connectivity index (χ1n) is 9.28. The van der Waals surface area contributed by atoms with Gasteiger partial charge in [-0.05, 0) is 49.8 Å². The number of rotatable bonds is 2. The second-order valence-electron chi connectivity index (χ2n) is 7.77. The topological polar surface area (TPSA) is 38.1 Å². The molecule has 0 spiro atoms. The summed E-state index contributed by atoms with van der Waals surface area (Å²) >= 11 is 1.56. The lowest BCUT2D eigenvalue weighted by Crippen LogP contribution is -2.42. The lowest BCUT2D eigenvalue weighted by Gasteiger charge is -2.34. The van der Waals surface area contributed by atoms with E-state index in [-0.39, 0.29) is 5.91 Å². The van der Waals surface area contributed by atoms with E-state index < -0.39 is 0 Å². The first kappa shape index (κ1) is 17.3. The number of carbonyl (C=O) groups excluding carboxylic acids is 1. The van der Waals surface area contributed by atoms with Crippen LogP contribution in [0.5, 0.6) is 0 Å². The van der Waals surface area contributed by atoms with Gasteiger partial charge in [-0.2, -0.15) is 5.10 Å². The first-order valence-corrected chi connectivity index (χ1v) is 10.1. The summed E-state index contributed by atoms with van der Waals surface area (Å²) < 4.78 is 1.99. The average Bonchev–Trinajstić information content (AvgIpc) is 3.15. The molecule has 2 atom stereocenters. The summed E-state index contributed by atoms with van der Waals surface area (Å²) in [6.07, 6.45) is 1.21. The predicted molar refractivity (Wildman–Crippen MR) is 107 cm³/mol. The van der Waals surface area contributed by atoms with Gasteiger partial charge in [-0.15, -0.1) is 11.3 Å². The molecule has 1 aromatic carbocycles. The molecule has 3 aromatic rings. The number of carbonyl (C=O) groups is 1. The lowest BCUT2D eigenvalue weighted by atomic mass is 9.92. The molecule has 1 aliphatic rings. The van der Waals surface area contributed by atoms with Crippen molar-refractivity contribution in [2.24, 2.45) is 11.8 Å². The highest BCUT2D eigenvalue weighted by Gasteiger charge is 2.28. The van der Waals surface area contributed by atoms with Gasteiger partial charge in [0, 0.05) is 18.5 Å². The zero-order valence-electron chi connectivity index (χ0n) is 15.8. The van der Waals surface area contributed by atoms with Crippen molar-refractivity contribution >= 4 is 27.5 Å². The minimum Gasteiger partial charge on any atom is -0.337 e. The molecule has 1 aliphatic heterocycles. The highest BCUT2D eigenvalue weighted by atomic mass is 32.1. The Hall–Kier alpha value is -2.14. The van der Waals surface area contributed by atoms with Crippen molar-refractivity contribution in [1.29, 1.82) is 0 Å². The molecule has 5 heteroatoms. The molecule has 0 bridgehead atoms. The Balaban J connectivity index is 1.73. The number of para-hydroxylation sites is 1. The van der Waals surface area contributed by atoms with Gasteiger partial charge in [-0.1, -0.05) is 32.0 Å². The van der Waals surface area contributed by atoms with Gasteiger partial charge in [-0.25, -0.2) is 4.68 Å². The summed E-state index contributed by atoms with van der Waals surface area (Å²) in [6, 6.07) is 10.3. The fourth-order valence-corrected chi connectivity index (χ4v) is 5.25. The molecule has 0 radical (unpaired) electrons. The third-order valence-electron chi connectivity index (χ3n) is 5.26. The molecule has 0 N–H and O–H groups in total. The number of piperidine rings is 1. The third kappa shape index (κ3) is 2.94. The Morgan fingerprint density at radius 2 is 1.85 bits per heavy atom. The van der Waals surface area contributed by atoms with E-state index in [9.17, 15) is 4.79 Å². The van der Waals surface area contributed by atoms with E-state index >= 15 is 0 Å². The fourth-order valence-electron chi connectivity index (χ4n) is 4.10. The molecule has 0 unspecified atom stereocenters. The molecule has 2 aromatic heterocycles. The summed E-state index contributed by atoms with van der Waals surface area (Å²) in [5, 5.41) is 5.80. The van der Waals surface area contributed by atoms with Crippen molar-refractivity contribution in [3.05, 3.63) is 46.5 Å². The van der Waals surface area contributed by atoms with Crippen LogP contribution in [0.3, 0.4) is 0 Å². The Bertz CT molecular complexity index is 961. The molecule has 4 rings (SSSR count). The fraction of sp³-hybridized carbons (Fsp3) is 0.429. The number of fused-ring (bicyclic) bond motifs is 1. The molecule has 136 valence electrons. The zero-order valence-corrected chi connectivity index (χ0v) is 16.6. The van der Waals surface area contributed by atoms with E-state index in [2.05, 4.69) is 32.9 Å². The quantitative estimate of drug-likeness (QED) is 0.651. The van der Waals surface area contributed by atoms with Gasteiger partial charge in [0.25, 0.3) is 5.91 Å². The maximum Gasteiger partial charge on any atom is 0.264 e. The van der Waals surface area contributed by atoms with E-state index in [1.807, 2.05) is 34.7 Å². The van der Waals surface area contributed by atoms with Crippen molar-refractivity contribution in [1.82, 2.24) is 14.7 Å². The van der Waals surface area contributed by atoms with E-state index in [4.69, 9.17) is 5.10 Å². The largest absolute Gasteiger partial charge is 0.337 e. The van der Waals surface area contributed by atoms with Crippen LogP contribution < -0.4 is 0 Å². The lowest BCUT2D eigenvalue weighted by molar-refractivity contribution is 0.0628. The summed E-state index contributed by atoms with van der Waals surface area (Å²) in [5.41, 5.74) is 3.22. The SMILES string of the molecule is Cc1ccccc1-n1nc(C)c2cc(C(=O)N3C[C@@H](C)C[C@H](C)C3)sc21. The molecule has 1 amide bonds. The number of amides is 1. The number of likely N-dealkylation sites (tertiary alicyclic amines) is 1. The Morgan fingerprint density at radius 3 is 2.54 bits per heavy atom. The van der Waals surface area contributed by atoms with E-state index in [0.717, 1.165) is 39.6 Å². The van der Waals surface area contributed by atoms with Crippen LogP contribution in [0, 0.1) is 25.7 Å². The normalized spacial score (nSPS) is 20.7. The number of benzene rings is 1. The first-order chi connectivity index (χ1) is 12.4. The molecular formula is C21H25N3OS. The molecule has 3 heterocycles. The second kappa shape index (κ2) is 6.54. The van der Waals surface area contributed by atoms with Crippen LogP contribution in [0.2, 0.25) is 0 Å². The van der Waals surface area contributed by atoms with Crippen LogP contribution in [0.1, 0.15) is 41.2 Å². The molecule has 1 saturated heterocycles. The van der Waals surface area contributed by atoms with E-state index in [1.165, 1.54) is 12.0 Å². The number of aromatic nitrogens is 2. The molecule has 4 nitrogen and oxygen atoms in total. The summed E-state index contributed by atoms with van der Waals surface area (Å²) in [5.74, 6) is 1.31. The number of hydrogen-bond donors (Lipinski definition) is 0. The number of hydrogen-bond acceptors (Lipinski definition) is 3. The summed E-state index contributed by atoms with van der Waals surface area (Å²) in [6.45, 7) is 10.3. The van der Waals surface area contributed by atoms with Crippen LogP contribution in [0.15, 0.2) is 30.3 Å². The number of thiophene rings is 1. The van der Waals surface area contributed by atoms with Crippen molar-refractivity contribution in [3.63, 3.8) is 0 Å². The molecule has 0 aliphatic carbocycles. The third-order valence-corrected chi connectivity index (χ3v) is 6.35.